The molecule has 1 N–H and O–H groups in total. The molecule has 2 aromatic carbocycles. The molecule has 28 heavy (non-hydrogen) atoms. The van der Waals surface area contributed by atoms with Crippen molar-refractivity contribution in [2.45, 2.75) is 20.3 Å². The van der Waals surface area contributed by atoms with Crippen LogP contribution in [0.15, 0.2) is 48.5 Å². The molecule has 0 atom stereocenters. The van der Waals surface area contributed by atoms with Crippen LogP contribution in [0.3, 0.4) is 0 Å². The standard InChI is InChI=1S/C20H17N3O2.3ClH/c1-12(24)21-16-9-7-14(8-10-16)19-18-11-15-5-3-4-6-17(15)20(18)23(22-19)13(2)25;;;/h3-10H,11H2,1-2H3,(H,21,24);3*1H. The topological polar surface area (TPSA) is 64.0 Å². The zero-order valence-corrected chi connectivity index (χ0v) is 17.7. The fourth-order valence-electron chi connectivity index (χ4n) is 3.36. The highest BCUT2D eigenvalue weighted by molar-refractivity contribution is 5.91. The minimum absolute atomic E-state index is 0. The summed E-state index contributed by atoms with van der Waals surface area (Å²) >= 11 is 0. The average molecular weight is 441 g/mol. The van der Waals surface area contributed by atoms with Crippen molar-refractivity contribution in [3.63, 3.8) is 0 Å². The molecule has 148 valence electrons. The fraction of sp³-hybridized carbons (Fsp3) is 0.150. The van der Waals surface area contributed by atoms with E-state index in [1.54, 1.807) is 0 Å². The lowest BCUT2D eigenvalue weighted by Crippen LogP contribution is -2.09. The summed E-state index contributed by atoms with van der Waals surface area (Å²) in [5, 5.41) is 7.33. The zero-order chi connectivity index (χ0) is 17.6. The lowest BCUT2D eigenvalue weighted by molar-refractivity contribution is -0.114. The highest BCUT2D eigenvalue weighted by atomic mass is 35.5. The summed E-state index contributed by atoms with van der Waals surface area (Å²) in [6.45, 7) is 3.00. The van der Waals surface area contributed by atoms with E-state index in [0.29, 0.717) is 0 Å². The normalized spacial score (nSPS) is 10.5. The number of carbonyl (C=O) groups excluding carboxylic acids is 2. The van der Waals surface area contributed by atoms with Gasteiger partial charge in [0.05, 0.1) is 11.4 Å². The molecule has 4 rings (SSSR count). The van der Waals surface area contributed by atoms with E-state index in [1.807, 2.05) is 42.5 Å². The fourth-order valence-corrected chi connectivity index (χ4v) is 3.36. The van der Waals surface area contributed by atoms with Crippen LogP contribution in [0.1, 0.15) is 29.8 Å². The van der Waals surface area contributed by atoms with E-state index in [-0.39, 0.29) is 49.0 Å². The lowest BCUT2D eigenvalue weighted by atomic mass is 10.1. The predicted octanol–water partition coefficient (Wildman–Crippen LogP) is 5.01. The van der Waals surface area contributed by atoms with Crippen molar-refractivity contribution in [3.05, 3.63) is 59.7 Å². The van der Waals surface area contributed by atoms with E-state index in [4.69, 9.17) is 0 Å². The molecule has 1 heterocycles. The molecule has 0 unspecified atom stereocenters. The molecule has 8 heteroatoms. The van der Waals surface area contributed by atoms with E-state index in [2.05, 4.69) is 16.5 Å². The number of aromatic nitrogens is 2. The third-order valence-electron chi connectivity index (χ3n) is 4.40. The molecular formula is C20H20Cl3N3O2. The SMILES string of the molecule is CC(=O)Nc1ccc(-c2nn(C(C)=O)c3c2Cc2ccccc2-3)cc1.Cl.Cl.Cl. The van der Waals surface area contributed by atoms with Crippen molar-refractivity contribution in [3.8, 4) is 22.5 Å². The average Bonchev–Trinajstić information content (AvgIpc) is 3.12. The Hall–Kier alpha value is -2.34. The molecule has 0 aliphatic heterocycles. The van der Waals surface area contributed by atoms with Crippen LogP contribution < -0.4 is 5.32 Å². The van der Waals surface area contributed by atoms with Crippen LogP contribution in [-0.4, -0.2) is 21.6 Å². The first-order valence-corrected chi connectivity index (χ1v) is 8.13. The Morgan fingerprint density at radius 2 is 1.61 bits per heavy atom. The van der Waals surface area contributed by atoms with Crippen molar-refractivity contribution >= 4 is 54.7 Å². The van der Waals surface area contributed by atoms with Crippen LogP contribution in [0.25, 0.3) is 22.5 Å². The van der Waals surface area contributed by atoms with Gasteiger partial charge in [-0.3, -0.25) is 9.59 Å². The number of amides is 1. The maximum Gasteiger partial charge on any atom is 0.244 e. The molecular weight excluding hydrogens is 421 g/mol. The van der Waals surface area contributed by atoms with Crippen LogP contribution in [0.2, 0.25) is 0 Å². The first-order chi connectivity index (χ1) is 12.0. The van der Waals surface area contributed by atoms with Gasteiger partial charge in [-0.25, -0.2) is 0 Å². The van der Waals surface area contributed by atoms with Crippen molar-refractivity contribution in [2.24, 2.45) is 0 Å². The van der Waals surface area contributed by atoms with Crippen molar-refractivity contribution in [1.82, 2.24) is 9.78 Å². The maximum atomic E-state index is 12.1. The number of halogens is 3. The van der Waals surface area contributed by atoms with Crippen LogP contribution in [0.4, 0.5) is 5.69 Å². The van der Waals surface area contributed by atoms with Gasteiger partial charge in [0, 0.05) is 42.6 Å². The summed E-state index contributed by atoms with van der Waals surface area (Å²) in [6, 6.07) is 15.6. The number of anilines is 1. The Bertz CT molecular complexity index is 1010. The van der Waals surface area contributed by atoms with Crippen LogP contribution in [0, 0.1) is 0 Å². The molecule has 0 fully saturated rings. The second kappa shape index (κ2) is 9.24. The molecule has 0 spiro atoms. The lowest BCUT2D eigenvalue weighted by Gasteiger charge is -2.05. The minimum atomic E-state index is -0.107. The molecule has 0 saturated carbocycles. The number of fused-ring (bicyclic) bond motifs is 3. The van der Waals surface area contributed by atoms with Crippen molar-refractivity contribution < 1.29 is 9.59 Å². The molecule has 1 amide bonds. The summed E-state index contributed by atoms with van der Waals surface area (Å²) in [4.78, 5) is 23.2. The number of hydrogen-bond donors (Lipinski definition) is 1. The number of carbonyl (C=O) groups is 2. The number of hydrogen-bond acceptors (Lipinski definition) is 3. The van der Waals surface area contributed by atoms with E-state index in [9.17, 15) is 9.59 Å². The van der Waals surface area contributed by atoms with Gasteiger partial charge in [-0.15, -0.1) is 37.2 Å². The molecule has 3 aromatic rings. The number of nitrogens with one attached hydrogen (secondary N) is 1. The third-order valence-corrected chi connectivity index (χ3v) is 4.40. The number of benzene rings is 2. The monoisotopic (exact) mass is 439 g/mol. The molecule has 0 radical (unpaired) electrons. The predicted molar refractivity (Wildman–Crippen MR) is 118 cm³/mol. The van der Waals surface area contributed by atoms with Crippen molar-refractivity contribution in [1.29, 1.82) is 0 Å². The van der Waals surface area contributed by atoms with Crippen molar-refractivity contribution in [2.75, 3.05) is 5.32 Å². The largest absolute Gasteiger partial charge is 0.326 e. The van der Waals surface area contributed by atoms with Gasteiger partial charge >= 0.3 is 0 Å². The first kappa shape index (κ1) is 23.7. The Morgan fingerprint density at radius 1 is 0.964 bits per heavy atom. The second-order valence-electron chi connectivity index (χ2n) is 6.20. The van der Waals surface area contributed by atoms with Crippen LogP contribution in [0.5, 0.6) is 0 Å². The molecule has 0 saturated heterocycles. The highest BCUT2D eigenvalue weighted by Crippen LogP contribution is 2.41. The quantitative estimate of drug-likeness (QED) is 0.477. The number of nitrogens with zero attached hydrogens (tertiary/aromatic N) is 2. The van der Waals surface area contributed by atoms with Gasteiger partial charge < -0.3 is 5.32 Å². The highest BCUT2D eigenvalue weighted by Gasteiger charge is 2.29. The van der Waals surface area contributed by atoms with E-state index < -0.39 is 0 Å². The van der Waals surface area contributed by atoms with Gasteiger partial charge in [0.2, 0.25) is 11.8 Å². The molecule has 5 nitrogen and oxygen atoms in total. The van der Waals surface area contributed by atoms with Crippen LogP contribution in [-0.2, 0) is 11.2 Å². The van der Waals surface area contributed by atoms with E-state index >= 15 is 0 Å². The second-order valence-corrected chi connectivity index (χ2v) is 6.20. The molecule has 0 bridgehead atoms. The van der Waals surface area contributed by atoms with Crippen LogP contribution >= 0.6 is 37.2 Å². The van der Waals surface area contributed by atoms with E-state index in [1.165, 1.54) is 24.1 Å². The Balaban J connectivity index is 0.00000131. The van der Waals surface area contributed by atoms with Gasteiger partial charge in [-0.2, -0.15) is 9.78 Å². The Morgan fingerprint density at radius 3 is 2.21 bits per heavy atom. The summed E-state index contributed by atoms with van der Waals surface area (Å²) in [7, 11) is 0. The number of rotatable bonds is 2. The molecule has 1 aromatic heterocycles. The first-order valence-electron chi connectivity index (χ1n) is 8.13. The molecule has 1 aliphatic carbocycles. The Kier molecular flexibility index (Phi) is 7.82. The minimum Gasteiger partial charge on any atom is -0.326 e. The third kappa shape index (κ3) is 4.07. The summed E-state index contributed by atoms with van der Waals surface area (Å²) in [6.07, 6.45) is 0.765. The van der Waals surface area contributed by atoms with Gasteiger partial charge in [-0.1, -0.05) is 36.4 Å². The maximum absolute atomic E-state index is 12.1. The van der Waals surface area contributed by atoms with Gasteiger partial charge in [0.1, 0.15) is 0 Å². The summed E-state index contributed by atoms with van der Waals surface area (Å²) < 4.78 is 1.50. The zero-order valence-electron chi connectivity index (χ0n) is 15.3. The van der Waals surface area contributed by atoms with Gasteiger partial charge in [0.25, 0.3) is 0 Å². The molecule has 1 aliphatic rings. The smallest absolute Gasteiger partial charge is 0.244 e. The van der Waals surface area contributed by atoms with E-state index in [0.717, 1.165) is 40.2 Å². The Labute approximate surface area is 181 Å². The summed E-state index contributed by atoms with van der Waals surface area (Å²) in [5.41, 5.74) is 6.73. The van der Waals surface area contributed by atoms with Gasteiger partial charge in [-0.05, 0) is 17.7 Å². The van der Waals surface area contributed by atoms with Gasteiger partial charge in [0.15, 0.2) is 0 Å². The summed E-state index contributed by atoms with van der Waals surface area (Å²) in [5.74, 6) is -0.209.